The van der Waals surface area contributed by atoms with Crippen LogP contribution in [0.5, 0.6) is 0 Å². The van der Waals surface area contributed by atoms with Crippen LogP contribution in [0.25, 0.3) is 0 Å². The number of hydrogen-bond acceptors (Lipinski definition) is 2. The average molecular weight is 221 g/mol. The fraction of sp³-hybridized carbons (Fsp3) is 0.538. The Kier molecular flexibility index (Phi) is 3.71. The molecule has 2 atom stereocenters. The zero-order valence-electron chi connectivity index (χ0n) is 9.28. The highest BCUT2D eigenvalue weighted by Crippen LogP contribution is 2.35. The van der Waals surface area contributed by atoms with Gasteiger partial charge in [0.1, 0.15) is 0 Å². The molecule has 82 valence electrons. The molecule has 2 N–H and O–H groups in total. The molecule has 0 spiro atoms. The summed E-state index contributed by atoms with van der Waals surface area (Å²) in [7, 11) is 0. The molecule has 1 saturated heterocycles. The van der Waals surface area contributed by atoms with Crippen LogP contribution in [0.15, 0.2) is 24.3 Å². The largest absolute Gasteiger partial charge is 0.330 e. The minimum atomic E-state index is 0.675. The third-order valence-corrected chi connectivity index (χ3v) is 4.39. The molecule has 2 heteroatoms. The third kappa shape index (κ3) is 2.56. The Morgan fingerprint density at radius 2 is 2.33 bits per heavy atom. The maximum atomic E-state index is 5.86. The first kappa shape index (κ1) is 11.0. The molecule has 0 radical (unpaired) electrons. The van der Waals surface area contributed by atoms with E-state index >= 15 is 0 Å². The molecule has 0 aromatic heterocycles. The minimum absolute atomic E-state index is 0.675. The van der Waals surface area contributed by atoms with Gasteiger partial charge in [0.25, 0.3) is 0 Å². The van der Waals surface area contributed by atoms with Gasteiger partial charge in [-0.1, -0.05) is 29.8 Å². The standard InChI is InChI=1S/C13H19NS/c1-10-3-2-4-11(7-10)13-9-15-6-5-12(13)8-14/h2-4,7,12-13H,5-6,8-9,14H2,1H3. The van der Waals surface area contributed by atoms with Gasteiger partial charge in [0.05, 0.1) is 0 Å². The van der Waals surface area contributed by atoms with Crippen molar-refractivity contribution < 1.29 is 0 Å². The van der Waals surface area contributed by atoms with Gasteiger partial charge in [0.15, 0.2) is 0 Å². The lowest BCUT2D eigenvalue weighted by atomic mass is 9.85. The van der Waals surface area contributed by atoms with Crippen LogP contribution in [-0.4, -0.2) is 18.1 Å². The molecule has 2 unspecified atom stereocenters. The van der Waals surface area contributed by atoms with E-state index in [4.69, 9.17) is 5.73 Å². The summed E-state index contributed by atoms with van der Waals surface area (Å²) < 4.78 is 0. The van der Waals surface area contributed by atoms with Crippen LogP contribution in [0.1, 0.15) is 23.5 Å². The van der Waals surface area contributed by atoms with E-state index in [1.807, 2.05) is 0 Å². The van der Waals surface area contributed by atoms with Crippen LogP contribution in [0.4, 0.5) is 0 Å². The van der Waals surface area contributed by atoms with Gasteiger partial charge in [0.2, 0.25) is 0 Å². The van der Waals surface area contributed by atoms with E-state index < -0.39 is 0 Å². The van der Waals surface area contributed by atoms with Crippen molar-refractivity contribution in [2.24, 2.45) is 11.7 Å². The Bertz CT molecular complexity index is 324. The minimum Gasteiger partial charge on any atom is -0.330 e. The SMILES string of the molecule is Cc1cccc(C2CSCCC2CN)c1. The smallest absolute Gasteiger partial charge is 0.000462 e. The zero-order chi connectivity index (χ0) is 10.7. The summed E-state index contributed by atoms with van der Waals surface area (Å²) in [5.74, 6) is 3.89. The maximum absolute atomic E-state index is 5.86. The Balaban J connectivity index is 2.20. The van der Waals surface area contributed by atoms with Gasteiger partial charge in [0, 0.05) is 5.75 Å². The highest BCUT2D eigenvalue weighted by molar-refractivity contribution is 7.99. The third-order valence-electron chi connectivity index (χ3n) is 3.27. The number of hydrogen-bond donors (Lipinski definition) is 1. The molecule has 0 aliphatic carbocycles. The average Bonchev–Trinajstić information content (AvgIpc) is 2.29. The predicted octanol–water partition coefficient (Wildman–Crippen LogP) is 2.79. The van der Waals surface area contributed by atoms with Gasteiger partial charge < -0.3 is 5.73 Å². The summed E-state index contributed by atoms with van der Waals surface area (Å²) in [4.78, 5) is 0. The summed E-state index contributed by atoms with van der Waals surface area (Å²) in [5, 5.41) is 0. The van der Waals surface area contributed by atoms with Crippen LogP contribution >= 0.6 is 11.8 Å². The van der Waals surface area contributed by atoms with Gasteiger partial charge in [-0.15, -0.1) is 0 Å². The second kappa shape index (κ2) is 5.04. The molecule has 1 aromatic carbocycles. The van der Waals surface area contributed by atoms with E-state index in [1.165, 1.54) is 29.1 Å². The molecular weight excluding hydrogens is 202 g/mol. The van der Waals surface area contributed by atoms with Gasteiger partial charge in [-0.2, -0.15) is 11.8 Å². The molecule has 1 nitrogen and oxygen atoms in total. The number of benzene rings is 1. The number of aryl methyl sites for hydroxylation is 1. The molecule has 1 aromatic rings. The first-order valence-corrected chi connectivity index (χ1v) is 6.81. The topological polar surface area (TPSA) is 26.0 Å². The highest BCUT2D eigenvalue weighted by Gasteiger charge is 2.25. The Labute approximate surface area is 96.4 Å². The summed E-state index contributed by atoms with van der Waals surface area (Å²) in [5.41, 5.74) is 8.70. The summed E-state index contributed by atoms with van der Waals surface area (Å²) in [6.07, 6.45) is 1.28. The second-order valence-corrected chi connectivity index (χ2v) is 5.53. The van der Waals surface area contributed by atoms with Crippen molar-refractivity contribution in [2.75, 3.05) is 18.1 Å². The molecule has 1 aliphatic heterocycles. The lowest BCUT2D eigenvalue weighted by molar-refractivity contribution is 0.440. The Morgan fingerprint density at radius 3 is 3.07 bits per heavy atom. The van der Waals surface area contributed by atoms with Crippen molar-refractivity contribution in [2.45, 2.75) is 19.3 Å². The van der Waals surface area contributed by atoms with Crippen molar-refractivity contribution in [3.63, 3.8) is 0 Å². The van der Waals surface area contributed by atoms with E-state index in [-0.39, 0.29) is 0 Å². The van der Waals surface area contributed by atoms with Gasteiger partial charge >= 0.3 is 0 Å². The summed E-state index contributed by atoms with van der Waals surface area (Å²) in [6.45, 7) is 3.00. The first-order valence-electron chi connectivity index (χ1n) is 5.65. The lowest BCUT2D eigenvalue weighted by Gasteiger charge is -2.30. The Hall–Kier alpha value is -0.470. The monoisotopic (exact) mass is 221 g/mol. The molecule has 1 aliphatic rings. The number of rotatable bonds is 2. The molecule has 2 rings (SSSR count). The van der Waals surface area contributed by atoms with Gasteiger partial charge in [-0.3, -0.25) is 0 Å². The maximum Gasteiger partial charge on any atom is 0.000462 e. The van der Waals surface area contributed by atoms with E-state index in [0.29, 0.717) is 11.8 Å². The van der Waals surface area contributed by atoms with Gasteiger partial charge in [-0.05, 0) is 43.0 Å². The molecule has 1 fully saturated rings. The lowest BCUT2D eigenvalue weighted by Crippen LogP contribution is -2.27. The molecule has 0 bridgehead atoms. The van der Waals surface area contributed by atoms with Crippen LogP contribution in [0, 0.1) is 12.8 Å². The highest BCUT2D eigenvalue weighted by atomic mass is 32.2. The van der Waals surface area contributed by atoms with E-state index in [1.54, 1.807) is 0 Å². The molecule has 0 amide bonds. The van der Waals surface area contributed by atoms with Crippen molar-refractivity contribution >= 4 is 11.8 Å². The van der Waals surface area contributed by atoms with Crippen molar-refractivity contribution in [3.05, 3.63) is 35.4 Å². The van der Waals surface area contributed by atoms with E-state index in [2.05, 4.69) is 43.0 Å². The fourth-order valence-corrected chi connectivity index (χ4v) is 3.69. The molecule has 1 heterocycles. The van der Waals surface area contributed by atoms with Crippen LogP contribution in [-0.2, 0) is 0 Å². The van der Waals surface area contributed by atoms with Gasteiger partial charge in [-0.25, -0.2) is 0 Å². The summed E-state index contributed by atoms with van der Waals surface area (Å²) in [6, 6.07) is 8.90. The fourth-order valence-electron chi connectivity index (χ4n) is 2.33. The normalized spacial score (nSPS) is 26.5. The van der Waals surface area contributed by atoms with Crippen LogP contribution in [0.3, 0.4) is 0 Å². The first-order chi connectivity index (χ1) is 7.31. The Morgan fingerprint density at radius 1 is 1.47 bits per heavy atom. The van der Waals surface area contributed by atoms with Crippen LogP contribution in [0.2, 0.25) is 0 Å². The van der Waals surface area contributed by atoms with Crippen molar-refractivity contribution in [1.82, 2.24) is 0 Å². The number of thioether (sulfide) groups is 1. The molecule has 15 heavy (non-hydrogen) atoms. The van der Waals surface area contributed by atoms with E-state index in [0.717, 1.165) is 6.54 Å². The second-order valence-electron chi connectivity index (χ2n) is 4.38. The molecule has 0 saturated carbocycles. The predicted molar refractivity (Wildman–Crippen MR) is 68.4 cm³/mol. The number of nitrogens with two attached hydrogens (primary N) is 1. The van der Waals surface area contributed by atoms with Crippen molar-refractivity contribution in [3.8, 4) is 0 Å². The van der Waals surface area contributed by atoms with Crippen LogP contribution < -0.4 is 5.73 Å². The molecular formula is C13H19NS. The van der Waals surface area contributed by atoms with Crippen molar-refractivity contribution in [1.29, 1.82) is 0 Å². The summed E-state index contributed by atoms with van der Waals surface area (Å²) >= 11 is 2.07. The zero-order valence-corrected chi connectivity index (χ0v) is 10.1. The quantitative estimate of drug-likeness (QED) is 0.831. The van der Waals surface area contributed by atoms with E-state index in [9.17, 15) is 0 Å².